The highest BCUT2D eigenvalue weighted by molar-refractivity contribution is 14.1. The fraction of sp³-hybridized carbons (Fsp3) is 0. The van der Waals surface area contributed by atoms with Crippen molar-refractivity contribution in [3.63, 3.8) is 0 Å². The Bertz CT molecular complexity index is 1590. The van der Waals surface area contributed by atoms with Crippen LogP contribution in [0.1, 0.15) is 0 Å². The lowest BCUT2D eigenvalue weighted by molar-refractivity contribution is 1.60. The van der Waals surface area contributed by atoms with Crippen LogP contribution in [0.25, 0.3) is 54.9 Å². The first-order valence-corrected chi connectivity index (χ1v) is 12.2. The van der Waals surface area contributed by atoms with Crippen molar-refractivity contribution in [1.29, 1.82) is 0 Å². The molecule has 33 heavy (non-hydrogen) atoms. The van der Waals surface area contributed by atoms with E-state index in [1.54, 1.807) is 0 Å². The highest BCUT2D eigenvalue weighted by atomic mass is 127. The van der Waals surface area contributed by atoms with Crippen molar-refractivity contribution in [2.75, 3.05) is 0 Å². The van der Waals surface area contributed by atoms with E-state index < -0.39 is 0 Å². The fourth-order valence-electron chi connectivity index (χ4n) is 4.57. The van der Waals surface area contributed by atoms with Crippen molar-refractivity contribution >= 4 is 44.1 Å². The maximum atomic E-state index is 2.35. The molecule has 156 valence electrons. The first-order chi connectivity index (χ1) is 16.2. The molecule has 0 saturated carbocycles. The number of fused-ring (bicyclic) bond motifs is 2. The lowest BCUT2D eigenvalue weighted by atomic mass is 9.95. The summed E-state index contributed by atoms with van der Waals surface area (Å²) >= 11 is 2.35. The summed E-state index contributed by atoms with van der Waals surface area (Å²) in [5, 5.41) is 5.10. The van der Waals surface area contributed by atoms with Gasteiger partial charge in [-0.15, -0.1) is 0 Å². The third kappa shape index (κ3) is 3.94. The first kappa shape index (κ1) is 20.2. The normalized spacial score (nSPS) is 11.2. The van der Waals surface area contributed by atoms with E-state index in [2.05, 4.69) is 150 Å². The minimum Gasteiger partial charge on any atom is -0.0616 e. The summed E-state index contributed by atoms with van der Waals surface area (Å²) in [6, 6.07) is 46.2. The van der Waals surface area contributed by atoms with Crippen LogP contribution in [0.2, 0.25) is 0 Å². The monoisotopic (exact) mass is 532 g/mol. The zero-order valence-corrected chi connectivity index (χ0v) is 20.2. The minimum absolute atomic E-state index is 1.24. The number of halogens is 1. The SMILES string of the molecule is Ic1ccc(-c2ccc3ccc(-c4ccc(-c5cccc6ccccc56)cc4)cc3c2)cc1. The molecule has 0 unspecified atom stereocenters. The molecule has 0 saturated heterocycles. The summed E-state index contributed by atoms with van der Waals surface area (Å²) < 4.78 is 1.26. The van der Waals surface area contributed by atoms with Gasteiger partial charge in [0, 0.05) is 3.57 Å². The quantitative estimate of drug-likeness (QED) is 0.199. The van der Waals surface area contributed by atoms with Gasteiger partial charge in [-0.1, -0.05) is 103 Å². The molecule has 0 aromatic heterocycles. The predicted molar refractivity (Wildman–Crippen MR) is 150 cm³/mol. The van der Waals surface area contributed by atoms with E-state index in [-0.39, 0.29) is 0 Å². The first-order valence-electron chi connectivity index (χ1n) is 11.1. The molecule has 0 bridgehead atoms. The number of benzene rings is 6. The van der Waals surface area contributed by atoms with E-state index in [0.29, 0.717) is 0 Å². The molecular formula is C32H21I. The maximum Gasteiger partial charge on any atom is 0.0130 e. The van der Waals surface area contributed by atoms with Gasteiger partial charge < -0.3 is 0 Å². The summed E-state index contributed by atoms with van der Waals surface area (Å²) in [7, 11) is 0. The number of hydrogen-bond donors (Lipinski definition) is 0. The molecule has 6 aromatic rings. The van der Waals surface area contributed by atoms with Crippen molar-refractivity contribution < 1.29 is 0 Å². The van der Waals surface area contributed by atoms with Crippen molar-refractivity contribution in [2.24, 2.45) is 0 Å². The van der Waals surface area contributed by atoms with Crippen LogP contribution in [0.5, 0.6) is 0 Å². The van der Waals surface area contributed by atoms with Crippen molar-refractivity contribution in [3.8, 4) is 33.4 Å². The molecule has 0 aliphatic carbocycles. The van der Waals surface area contributed by atoms with Gasteiger partial charge in [0.15, 0.2) is 0 Å². The van der Waals surface area contributed by atoms with Gasteiger partial charge in [-0.3, -0.25) is 0 Å². The van der Waals surface area contributed by atoms with Gasteiger partial charge in [0.2, 0.25) is 0 Å². The van der Waals surface area contributed by atoms with E-state index in [0.717, 1.165) is 0 Å². The summed E-state index contributed by atoms with van der Waals surface area (Å²) in [5.41, 5.74) is 7.51. The molecule has 0 radical (unpaired) electrons. The minimum atomic E-state index is 1.24. The smallest absolute Gasteiger partial charge is 0.0130 e. The predicted octanol–water partition coefficient (Wildman–Crippen LogP) is 9.60. The summed E-state index contributed by atoms with van der Waals surface area (Å²) in [4.78, 5) is 0. The van der Waals surface area contributed by atoms with Gasteiger partial charge in [0.1, 0.15) is 0 Å². The molecule has 6 rings (SSSR count). The Morgan fingerprint density at radius 3 is 1.61 bits per heavy atom. The van der Waals surface area contributed by atoms with E-state index >= 15 is 0 Å². The summed E-state index contributed by atoms with van der Waals surface area (Å²) in [6.07, 6.45) is 0. The van der Waals surface area contributed by atoms with E-state index in [1.807, 2.05) is 0 Å². The van der Waals surface area contributed by atoms with Crippen LogP contribution in [0, 0.1) is 3.57 Å². The van der Waals surface area contributed by atoms with Crippen LogP contribution in [-0.4, -0.2) is 0 Å². The second-order valence-electron chi connectivity index (χ2n) is 8.39. The Morgan fingerprint density at radius 2 is 0.909 bits per heavy atom. The van der Waals surface area contributed by atoms with Gasteiger partial charge >= 0.3 is 0 Å². The second kappa shape index (κ2) is 8.49. The highest BCUT2D eigenvalue weighted by Crippen LogP contribution is 2.32. The largest absolute Gasteiger partial charge is 0.0616 e. The molecule has 0 fully saturated rings. The topological polar surface area (TPSA) is 0 Å². The Balaban J connectivity index is 1.37. The molecule has 0 N–H and O–H groups in total. The zero-order valence-electron chi connectivity index (χ0n) is 18.0. The Labute approximate surface area is 207 Å². The highest BCUT2D eigenvalue weighted by Gasteiger charge is 2.06. The number of rotatable bonds is 3. The van der Waals surface area contributed by atoms with Gasteiger partial charge in [0.05, 0.1) is 0 Å². The van der Waals surface area contributed by atoms with Gasteiger partial charge in [0.25, 0.3) is 0 Å². The Kier molecular flexibility index (Phi) is 5.20. The molecule has 6 aromatic carbocycles. The van der Waals surface area contributed by atoms with Crippen molar-refractivity contribution in [1.82, 2.24) is 0 Å². The molecule has 0 heterocycles. The Morgan fingerprint density at radius 1 is 0.364 bits per heavy atom. The van der Waals surface area contributed by atoms with Crippen LogP contribution in [-0.2, 0) is 0 Å². The van der Waals surface area contributed by atoms with Crippen molar-refractivity contribution in [3.05, 3.63) is 131 Å². The zero-order chi connectivity index (χ0) is 22.2. The van der Waals surface area contributed by atoms with Crippen LogP contribution >= 0.6 is 22.6 Å². The average Bonchev–Trinajstić information content (AvgIpc) is 2.88. The lowest BCUT2D eigenvalue weighted by Crippen LogP contribution is -1.84. The fourth-order valence-corrected chi connectivity index (χ4v) is 4.93. The molecular weight excluding hydrogens is 511 g/mol. The summed E-state index contributed by atoms with van der Waals surface area (Å²) in [6.45, 7) is 0. The van der Waals surface area contributed by atoms with Gasteiger partial charge in [-0.25, -0.2) is 0 Å². The Hall–Kier alpha value is -3.43. The lowest BCUT2D eigenvalue weighted by Gasteiger charge is -2.10. The summed E-state index contributed by atoms with van der Waals surface area (Å²) in [5.74, 6) is 0. The third-order valence-corrected chi connectivity index (χ3v) is 7.06. The van der Waals surface area contributed by atoms with Crippen LogP contribution in [0.15, 0.2) is 127 Å². The van der Waals surface area contributed by atoms with E-state index in [9.17, 15) is 0 Å². The second-order valence-corrected chi connectivity index (χ2v) is 9.63. The van der Waals surface area contributed by atoms with Crippen LogP contribution < -0.4 is 0 Å². The van der Waals surface area contributed by atoms with Crippen LogP contribution in [0.3, 0.4) is 0 Å². The van der Waals surface area contributed by atoms with Crippen LogP contribution in [0.4, 0.5) is 0 Å². The van der Waals surface area contributed by atoms with E-state index in [1.165, 1.54) is 58.5 Å². The molecule has 0 atom stereocenters. The molecule has 1 heteroatoms. The molecule has 0 aliphatic rings. The molecule has 0 amide bonds. The maximum absolute atomic E-state index is 2.35. The van der Waals surface area contributed by atoms with E-state index in [4.69, 9.17) is 0 Å². The molecule has 0 spiro atoms. The third-order valence-electron chi connectivity index (χ3n) is 6.34. The van der Waals surface area contributed by atoms with Gasteiger partial charge in [-0.05, 0) is 102 Å². The number of hydrogen-bond acceptors (Lipinski definition) is 0. The standard InChI is InChI=1S/C32H21I/c33-30-18-16-23(17-19-30)28-15-11-24-10-14-27(20-29(24)21-28)22-8-12-26(13-9-22)32-7-3-5-25-4-1-2-6-31(25)32/h1-21H. The molecule has 0 nitrogen and oxygen atoms in total. The average molecular weight is 532 g/mol. The van der Waals surface area contributed by atoms with Crippen molar-refractivity contribution in [2.45, 2.75) is 0 Å². The van der Waals surface area contributed by atoms with Gasteiger partial charge in [-0.2, -0.15) is 0 Å². The molecule has 0 aliphatic heterocycles.